The van der Waals surface area contributed by atoms with Crippen LogP contribution in [0.5, 0.6) is 0 Å². The highest BCUT2D eigenvalue weighted by molar-refractivity contribution is 5.93. The van der Waals surface area contributed by atoms with Crippen LogP contribution in [-0.2, 0) is 13.1 Å². The Kier molecular flexibility index (Phi) is 4.48. The highest BCUT2D eigenvalue weighted by Crippen LogP contribution is 2.12. The SMILES string of the molecule is Cc1ccc(C(=O)N(C)Cc2ccccc2CN)cn1. The maximum Gasteiger partial charge on any atom is 0.255 e. The molecule has 20 heavy (non-hydrogen) atoms. The molecule has 0 radical (unpaired) electrons. The first kappa shape index (κ1) is 14.2. The smallest absolute Gasteiger partial charge is 0.255 e. The molecule has 2 rings (SSSR count). The average molecular weight is 269 g/mol. The van der Waals surface area contributed by atoms with E-state index in [9.17, 15) is 4.79 Å². The second-order valence-electron chi connectivity index (χ2n) is 4.82. The molecule has 2 aromatic rings. The van der Waals surface area contributed by atoms with E-state index in [1.54, 1.807) is 24.2 Å². The highest BCUT2D eigenvalue weighted by atomic mass is 16.2. The first-order valence-corrected chi connectivity index (χ1v) is 6.57. The van der Waals surface area contributed by atoms with Crippen LogP contribution >= 0.6 is 0 Å². The van der Waals surface area contributed by atoms with Gasteiger partial charge in [0.15, 0.2) is 0 Å². The zero-order chi connectivity index (χ0) is 14.5. The number of carbonyl (C=O) groups is 1. The fraction of sp³-hybridized carbons (Fsp3) is 0.250. The molecule has 1 heterocycles. The lowest BCUT2D eigenvalue weighted by Gasteiger charge is -2.19. The van der Waals surface area contributed by atoms with E-state index in [0.29, 0.717) is 18.7 Å². The Morgan fingerprint density at radius 3 is 2.50 bits per heavy atom. The quantitative estimate of drug-likeness (QED) is 0.925. The van der Waals surface area contributed by atoms with Crippen LogP contribution in [-0.4, -0.2) is 22.8 Å². The maximum atomic E-state index is 12.3. The molecule has 104 valence electrons. The number of carbonyl (C=O) groups excluding carboxylic acids is 1. The van der Waals surface area contributed by atoms with Gasteiger partial charge < -0.3 is 10.6 Å². The van der Waals surface area contributed by atoms with Crippen molar-refractivity contribution in [2.75, 3.05) is 7.05 Å². The number of aromatic nitrogens is 1. The van der Waals surface area contributed by atoms with Crippen LogP contribution in [0.2, 0.25) is 0 Å². The Bertz CT molecular complexity index is 593. The van der Waals surface area contributed by atoms with Crippen molar-refractivity contribution in [3.05, 3.63) is 65.0 Å². The van der Waals surface area contributed by atoms with Gasteiger partial charge >= 0.3 is 0 Å². The van der Waals surface area contributed by atoms with Crippen LogP contribution in [0.1, 0.15) is 27.2 Å². The molecule has 0 atom stereocenters. The summed E-state index contributed by atoms with van der Waals surface area (Å²) < 4.78 is 0. The maximum absolute atomic E-state index is 12.3. The normalized spacial score (nSPS) is 10.3. The van der Waals surface area contributed by atoms with Gasteiger partial charge in [-0.05, 0) is 30.2 Å². The van der Waals surface area contributed by atoms with E-state index in [-0.39, 0.29) is 5.91 Å². The minimum atomic E-state index is -0.0377. The molecule has 0 saturated heterocycles. The van der Waals surface area contributed by atoms with Gasteiger partial charge in [-0.3, -0.25) is 9.78 Å². The van der Waals surface area contributed by atoms with Crippen molar-refractivity contribution in [3.8, 4) is 0 Å². The van der Waals surface area contributed by atoms with Crippen molar-refractivity contribution in [2.45, 2.75) is 20.0 Å². The lowest BCUT2D eigenvalue weighted by molar-refractivity contribution is 0.0784. The van der Waals surface area contributed by atoms with Gasteiger partial charge in [0, 0.05) is 32.0 Å². The summed E-state index contributed by atoms with van der Waals surface area (Å²) in [5, 5.41) is 0. The lowest BCUT2D eigenvalue weighted by Crippen LogP contribution is -2.27. The predicted molar refractivity (Wildman–Crippen MR) is 79.1 cm³/mol. The van der Waals surface area contributed by atoms with Crippen LogP contribution in [0.25, 0.3) is 0 Å². The van der Waals surface area contributed by atoms with Gasteiger partial charge in [-0.1, -0.05) is 24.3 Å². The molecule has 0 bridgehead atoms. The third kappa shape index (κ3) is 3.22. The number of hydrogen-bond acceptors (Lipinski definition) is 3. The molecule has 2 N–H and O–H groups in total. The molecule has 0 saturated carbocycles. The second-order valence-corrected chi connectivity index (χ2v) is 4.82. The second kappa shape index (κ2) is 6.30. The van der Waals surface area contributed by atoms with Crippen molar-refractivity contribution in [1.29, 1.82) is 0 Å². The summed E-state index contributed by atoms with van der Waals surface area (Å²) in [6.07, 6.45) is 1.61. The van der Waals surface area contributed by atoms with Gasteiger partial charge in [0.25, 0.3) is 5.91 Å². The molecule has 1 aromatic heterocycles. The Labute approximate surface area is 119 Å². The summed E-state index contributed by atoms with van der Waals surface area (Å²) in [5.41, 5.74) is 9.36. The van der Waals surface area contributed by atoms with Crippen molar-refractivity contribution >= 4 is 5.91 Å². The van der Waals surface area contributed by atoms with Gasteiger partial charge in [0.1, 0.15) is 0 Å². The molecule has 0 aliphatic rings. The lowest BCUT2D eigenvalue weighted by atomic mass is 10.1. The molecular weight excluding hydrogens is 250 g/mol. The van der Waals surface area contributed by atoms with E-state index in [4.69, 9.17) is 5.73 Å². The van der Waals surface area contributed by atoms with Crippen molar-refractivity contribution in [3.63, 3.8) is 0 Å². The first-order valence-electron chi connectivity index (χ1n) is 6.57. The van der Waals surface area contributed by atoms with Crippen LogP contribution in [0, 0.1) is 6.92 Å². The van der Waals surface area contributed by atoms with Crippen molar-refractivity contribution in [1.82, 2.24) is 9.88 Å². The summed E-state index contributed by atoms with van der Waals surface area (Å²) in [4.78, 5) is 18.2. The molecule has 1 amide bonds. The minimum absolute atomic E-state index is 0.0377. The van der Waals surface area contributed by atoms with Crippen LogP contribution in [0.3, 0.4) is 0 Å². The van der Waals surface area contributed by atoms with Crippen molar-refractivity contribution < 1.29 is 4.79 Å². The number of benzene rings is 1. The van der Waals surface area contributed by atoms with E-state index >= 15 is 0 Å². The summed E-state index contributed by atoms with van der Waals surface area (Å²) in [6.45, 7) is 2.92. The number of pyridine rings is 1. The van der Waals surface area contributed by atoms with Crippen LogP contribution in [0.15, 0.2) is 42.6 Å². The molecule has 4 heteroatoms. The molecule has 4 nitrogen and oxygen atoms in total. The highest BCUT2D eigenvalue weighted by Gasteiger charge is 2.13. The molecule has 0 unspecified atom stereocenters. The fourth-order valence-electron chi connectivity index (χ4n) is 2.05. The molecule has 0 spiro atoms. The zero-order valence-electron chi connectivity index (χ0n) is 11.8. The average Bonchev–Trinajstić information content (AvgIpc) is 2.48. The number of nitrogens with two attached hydrogens (primary N) is 1. The summed E-state index contributed by atoms with van der Waals surface area (Å²) in [7, 11) is 1.79. The van der Waals surface area contributed by atoms with E-state index in [2.05, 4.69) is 4.98 Å². The Hall–Kier alpha value is -2.20. The molecule has 0 aliphatic heterocycles. The van der Waals surface area contributed by atoms with Gasteiger partial charge in [-0.2, -0.15) is 0 Å². The Morgan fingerprint density at radius 1 is 1.20 bits per heavy atom. The number of hydrogen-bond donors (Lipinski definition) is 1. The third-order valence-electron chi connectivity index (χ3n) is 3.25. The summed E-state index contributed by atoms with van der Waals surface area (Å²) >= 11 is 0. The molecule has 0 fully saturated rings. The van der Waals surface area contributed by atoms with E-state index in [0.717, 1.165) is 16.8 Å². The molecule has 0 aliphatic carbocycles. The predicted octanol–water partition coefficient (Wildman–Crippen LogP) is 2.12. The van der Waals surface area contributed by atoms with E-state index in [1.807, 2.05) is 37.3 Å². The first-order chi connectivity index (χ1) is 9.61. The van der Waals surface area contributed by atoms with Gasteiger partial charge in [-0.15, -0.1) is 0 Å². The number of amides is 1. The Morgan fingerprint density at radius 2 is 1.90 bits per heavy atom. The largest absolute Gasteiger partial charge is 0.337 e. The Balaban J connectivity index is 2.13. The van der Waals surface area contributed by atoms with Crippen molar-refractivity contribution in [2.24, 2.45) is 5.73 Å². The number of nitrogens with zero attached hydrogens (tertiary/aromatic N) is 2. The minimum Gasteiger partial charge on any atom is -0.337 e. The van der Waals surface area contributed by atoms with Gasteiger partial charge in [0.05, 0.1) is 5.56 Å². The van der Waals surface area contributed by atoms with E-state index in [1.165, 1.54) is 0 Å². The number of aryl methyl sites for hydroxylation is 1. The zero-order valence-corrected chi connectivity index (χ0v) is 11.8. The summed E-state index contributed by atoms with van der Waals surface area (Å²) in [5.74, 6) is -0.0377. The van der Waals surface area contributed by atoms with Crippen LogP contribution < -0.4 is 5.73 Å². The standard InChI is InChI=1S/C16H19N3O/c1-12-7-8-14(10-18-12)16(20)19(2)11-15-6-4-3-5-13(15)9-17/h3-8,10H,9,11,17H2,1-2H3. The number of rotatable bonds is 4. The summed E-state index contributed by atoms with van der Waals surface area (Å²) in [6, 6.07) is 11.5. The molecule has 1 aromatic carbocycles. The topological polar surface area (TPSA) is 59.2 Å². The van der Waals surface area contributed by atoms with Gasteiger partial charge in [0.2, 0.25) is 0 Å². The monoisotopic (exact) mass is 269 g/mol. The fourth-order valence-corrected chi connectivity index (χ4v) is 2.05. The third-order valence-corrected chi connectivity index (χ3v) is 3.25. The van der Waals surface area contributed by atoms with E-state index < -0.39 is 0 Å². The molecular formula is C16H19N3O. The van der Waals surface area contributed by atoms with Gasteiger partial charge in [-0.25, -0.2) is 0 Å². The van der Waals surface area contributed by atoms with Crippen LogP contribution in [0.4, 0.5) is 0 Å².